The monoisotopic (exact) mass is 315 g/mol. The standard InChI is InChI=1S/C15H17N5OS/c1-10-6-19(7-11(2)21-10)15-16-5-13-14(18-15)20(9-17-13)12-3-4-22-8-12/h3-5,8-11H,6-7H2,1-2H3. The van der Waals surface area contributed by atoms with Crippen LogP contribution in [-0.2, 0) is 4.74 Å². The highest BCUT2D eigenvalue weighted by atomic mass is 32.1. The maximum absolute atomic E-state index is 5.78. The van der Waals surface area contributed by atoms with Gasteiger partial charge in [-0.2, -0.15) is 16.3 Å². The molecule has 0 N–H and O–H groups in total. The summed E-state index contributed by atoms with van der Waals surface area (Å²) >= 11 is 1.66. The molecule has 1 aliphatic rings. The average molecular weight is 315 g/mol. The normalized spacial score (nSPS) is 22.4. The van der Waals surface area contributed by atoms with E-state index in [9.17, 15) is 0 Å². The van der Waals surface area contributed by atoms with E-state index >= 15 is 0 Å². The molecule has 1 aliphatic heterocycles. The van der Waals surface area contributed by atoms with Crippen molar-refractivity contribution < 1.29 is 4.74 Å². The lowest BCUT2D eigenvalue weighted by molar-refractivity contribution is -0.00570. The van der Waals surface area contributed by atoms with Crippen molar-refractivity contribution in [2.45, 2.75) is 26.1 Å². The van der Waals surface area contributed by atoms with E-state index in [4.69, 9.17) is 9.72 Å². The van der Waals surface area contributed by atoms with Gasteiger partial charge in [0.05, 0.1) is 24.1 Å². The zero-order valence-corrected chi connectivity index (χ0v) is 13.3. The van der Waals surface area contributed by atoms with Crippen molar-refractivity contribution in [2.24, 2.45) is 0 Å². The Morgan fingerprint density at radius 1 is 1.23 bits per heavy atom. The first kappa shape index (κ1) is 13.7. The van der Waals surface area contributed by atoms with Crippen LogP contribution >= 0.6 is 11.3 Å². The average Bonchev–Trinajstić information content (AvgIpc) is 3.14. The smallest absolute Gasteiger partial charge is 0.227 e. The maximum Gasteiger partial charge on any atom is 0.227 e. The minimum Gasteiger partial charge on any atom is -0.372 e. The summed E-state index contributed by atoms with van der Waals surface area (Å²) in [5.74, 6) is 0.742. The van der Waals surface area contributed by atoms with E-state index in [0.717, 1.165) is 35.9 Å². The molecule has 2 unspecified atom stereocenters. The van der Waals surface area contributed by atoms with E-state index in [1.54, 1.807) is 23.9 Å². The number of nitrogens with zero attached hydrogens (tertiary/aromatic N) is 5. The maximum atomic E-state index is 5.78. The number of rotatable bonds is 2. The van der Waals surface area contributed by atoms with Gasteiger partial charge in [-0.1, -0.05) is 0 Å². The molecule has 1 saturated heterocycles. The molecule has 4 heterocycles. The summed E-state index contributed by atoms with van der Waals surface area (Å²) in [4.78, 5) is 15.8. The van der Waals surface area contributed by atoms with Crippen LogP contribution in [0.15, 0.2) is 29.4 Å². The second-order valence-corrected chi connectivity index (χ2v) is 6.42. The Labute approximate surface area is 132 Å². The molecule has 4 rings (SSSR count). The van der Waals surface area contributed by atoms with Gasteiger partial charge < -0.3 is 9.64 Å². The number of fused-ring (bicyclic) bond motifs is 1. The zero-order chi connectivity index (χ0) is 15.1. The van der Waals surface area contributed by atoms with E-state index in [0.29, 0.717) is 0 Å². The SMILES string of the molecule is CC1CN(c2ncc3ncn(-c4ccsc4)c3n2)CC(C)O1. The molecule has 0 amide bonds. The van der Waals surface area contributed by atoms with E-state index in [1.807, 2.05) is 4.57 Å². The lowest BCUT2D eigenvalue weighted by Crippen LogP contribution is -2.46. The summed E-state index contributed by atoms with van der Waals surface area (Å²) in [5.41, 5.74) is 2.74. The number of hydrogen-bond acceptors (Lipinski definition) is 6. The Morgan fingerprint density at radius 2 is 2.05 bits per heavy atom. The lowest BCUT2D eigenvalue weighted by atomic mass is 10.2. The molecule has 2 atom stereocenters. The van der Waals surface area contributed by atoms with Crippen molar-refractivity contribution >= 4 is 28.4 Å². The first-order valence-corrected chi connectivity index (χ1v) is 8.28. The fourth-order valence-corrected chi connectivity index (χ4v) is 3.51. The van der Waals surface area contributed by atoms with Crippen LogP contribution in [0, 0.1) is 0 Å². The van der Waals surface area contributed by atoms with Crippen molar-refractivity contribution in [3.63, 3.8) is 0 Å². The third-order valence-corrected chi connectivity index (χ3v) is 4.44. The molecule has 0 spiro atoms. The fraction of sp³-hybridized carbons (Fsp3) is 0.400. The molecular weight excluding hydrogens is 298 g/mol. The van der Waals surface area contributed by atoms with Gasteiger partial charge in [0.2, 0.25) is 5.95 Å². The molecule has 0 radical (unpaired) electrons. The number of morpholine rings is 1. The van der Waals surface area contributed by atoms with Crippen molar-refractivity contribution in [1.82, 2.24) is 19.5 Å². The van der Waals surface area contributed by atoms with Crippen LogP contribution in [-0.4, -0.2) is 44.8 Å². The molecule has 3 aromatic heterocycles. The number of thiophene rings is 1. The van der Waals surface area contributed by atoms with E-state index in [-0.39, 0.29) is 12.2 Å². The van der Waals surface area contributed by atoms with E-state index in [2.05, 4.69) is 45.5 Å². The van der Waals surface area contributed by atoms with Crippen LogP contribution in [0.2, 0.25) is 0 Å². The number of ether oxygens (including phenoxy) is 1. The zero-order valence-electron chi connectivity index (χ0n) is 12.5. The topological polar surface area (TPSA) is 56.1 Å². The molecule has 1 fully saturated rings. The summed E-state index contributed by atoms with van der Waals surface area (Å²) in [6, 6.07) is 2.06. The largest absolute Gasteiger partial charge is 0.372 e. The van der Waals surface area contributed by atoms with Crippen molar-refractivity contribution in [1.29, 1.82) is 0 Å². The summed E-state index contributed by atoms with van der Waals surface area (Å²) < 4.78 is 7.78. The Bertz CT molecular complexity index is 774. The van der Waals surface area contributed by atoms with E-state index in [1.165, 1.54) is 0 Å². The van der Waals surface area contributed by atoms with Crippen molar-refractivity contribution in [2.75, 3.05) is 18.0 Å². The van der Waals surface area contributed by atoms with Gasteiger partial charge in [0.25, 0.3) is 0 Å². The Balaban J connectivity index is 1.75. The van der Waals surface area contributed by atoms with Crippen LogP contribution in [0.5, 0.6) is 0 Å². The van der Waals surface area contributed by atoms with Crippen LogP contribution in [0.4, 0.5) is 5.95 Å². The Kier molecular flexibility index (Phi) is 3.31. The van der Waals surface area contributed by atoms with Crippen LogP contribution < -0.4 is 4.90 Å². The molecule has 7 heteroatoms. The van der Waals surface area contributed by atoms with Gasteiger partial charge in [0, 0.05) is 18.5 Å². The first-order valence-electron chi connectivity index (χ1n) is 7.34. The molecule has 0 bridgehead atoms. The lowest BCUT2D eigenvalue weighted by Gasteiger charge is -2.35. The highest BCUT2D eigenvalue weighted by molar-refractivity contribution is 7.08. The van der Waals surface area contributed by atoms with E-state index < -0.39 is 0 Å². The molecular formula is C15H17N5OS. The fourth-order valence-electron chi connectivity index (χ4n) is 2.88. The molecule has 3 aromatic rings. The predicted octanol–water partition coefficient (Wildman–Crippen LogP) is 2.49. The number of aromatic nitrogens is 4. The minimum atomic E-state index is 0.185. The minimum absolute atomic E-state index is 0.185. The second-order valence-electron chi connectivity index (χ2n) is 5.64. The third-order valence-electron chi connectivity index (χ3n) is 3.76. The highest BCUT2D eigenvalue weighted by Crippen LogP contribution is 2.22. The van der Waals surface area contributed by atoms with Gasteiger partial charge in [0.1, 0.15) is 11.8 Å². The Morgan fingerprint density at radius 3 is 2.77 bits per heavy atom. The summed E-state index contributed by atoms with van der Waals surface area (Å²) in [5, 5.41) is 4.14. The van der Waals surface area contributed by atoms with Gasteiger partial charge in [-0.15, -0.1) is 0 Å². The van der Waals surface area contributed by atoms with Crippen LogP contribution in [0.25, 0.3) is 16.9 Å². The quantitative estimate of drug-likeness (QED) is 0.727. The van der Waals surface area contributed by atoms with Gasteiger partial charge >= 0.3 is 0 Å². The first-order chi connectivity index (χ1) is 10.7. The predicted molar refractivity (Wildman–Crippen MR) is 86.8 cm³/mol. The number of imidazole rings is 1. The van der Waals surface area contributed by atoms with Crippen molar-refractivity contribution in [3.8, 4) is 5.69 Å². The number of hydrogen-bond donors (Lipinski definition) is 0. The summed E-state index contributed by atoms with van der Waals surface area (Å²) in [7, 11) is 0. The summed E-state index contributed by atoms with van der Waals surface area (Å²) in [6.07, 6.45) is 3.97. The van der Waals surface area contributed by atoms with Gasteiger partial charge in [-0.25, -0.2) is 9.97 Å². The molecule has 0 aromatic carbocycles. The highest BCUT2D eigenvalue weighted by Gasteiger charge is 2.24. The van der Waals surface area contributed by atoms with Gasteiger partial charge in [-0.3, -0.25) is 4.57 Å². The van der Waals surface area contributed by atoms with Crippen molar-refractivity contribution in [3.05, 3.63) is 29.4 Å². The van der Waals surface area contributed by atoms with Gasteiger partial charge in [0.15, 0.2) is 5.65 Å². The van der Waals surface area contributed by atoms with Crippen LogP contribution in [0.1, 0.15) is 13.8 Å². The Hall–Kier alpha value is -1.99. The molecule has 22 heavy (non-hydrogen) atoms. The molecule has 6 nitrogen and oxygen atoms in total. The third kappa shape index (κ3) is 2.36. The molecule has 0 aliphatic carbocycles. The van der Waals surface area contributed by atoms with Crippen LogP contribution in [0.3, 0.4) is 0 Å². The summed E-state index contributed by atoms with van der Waals surface area (Å²) in [6.45, 7) is 5.78. The molecule has 114 valence electrons. The van der Waals surface area contributed by atoms with Gasteiger partial charge in [-0.05, 0) is 25.3 Å². The second kappa shape index (κ2) is 5.33. The number of anilines is 1. The molecule has 0 saturated carbocycles.